The summed E-state index contributed by atoms with van der Waals surface area (Å²) in [5, 5.41) is 3.88. The highest BCUT2D eigenvalue weighted by molar-refractivity contribution is 4.85. The van der Waals surface area contributed by atoms with Crippen molar-refractivity contribution in [1.82, 2.24) is 5.32 Å². The minimum absolute atomic E-state index is 0.549. The van der Waals surface area contributed by atoms with Gasteiger partial charge in [0.15, 0.2) is 0 Å². The standard InChI is InChI=1S/C19H39N/c1-7-19(5,6)17-11-13-18(14-12-17)20-16(4)10-8-9-15(2)3/h15-18,20H,7-14H2,1-6H3. The van der Waals surface area contributed by atoms with E-state index in [4.69, 9.17) is 0 Å². The molecule has 1 rings (SSSR count). The van der Waals surface area contributed by atoms with Gasteiger partial charge in [0.2, 0.25) is 0 Å². The first-order chi connectivity index (χ1) is 9.35. The first-order valence-electron chi connectivity index (χ1n) is 9.11. The summed E-state index contributed by atoms with van der Waals surface area (Å²) in [6, 6.07) is 1.49. The summed E-state index contributed by atoms with van der Waals surface area (Å²) >= 11 is 0. The quantitative estimate of drug-likeness (QED) is 0.594. The molecule has 0 spiro atoms. The first-order valence-corrected chi connectivity index (χ1v) is 9.11. The number of rotatable bonds is 8. The van der Waals surface area contributed by atoms with E-state index in [1.807, 2.05) is 0 Å². The van der Waals surface area contributed by atoms with Gasteiger partial charge in [-0.05, 0) is 56.3 Å². The monoisotopic (exact) mass is 281 g/mol. The van der Waals surface area contributed by atoms with E-state index in [0.29, 0.717) is 11.5 Å². The third-order valence-corrected chi connectivity index (χ3v) is 5.68. The second kappa shape index (κ2) is 8.41. The molecule has 0 aromatic rings. The molecule has 0 heterocycles. The van der Waals surface area contributed by atoms with Crippen molar-refractivity contribution in [3.05, 3.63) is 0 Å². The third-order valence-electron chi connectivity index (χ3n) is 5.68. The molecule has 0 radical (unpaired) electrons. The van der Waals surface area contributed by atoms with E-state index in [1.165, 1.54) is 51.4 Å². The van der Waals surface area contributed by atoms with Crippen LogP contribution in [0.1, 0.15) is 92.9 Å². The molecule has 120 valence electrons. The Kier molecular flexibility index (Phi) is 7.58. The molecule has 0 aromatic carbocycles. The van der Waals surface area contributed by atoms with Gasteiger partial charge < -0.3 is 5.32 Å². The van der Waals surface area contributed by atoms with Crippen LogP contribution in [0, 0.1) is 17.3 Å². The normalized spacial score (nSPS) is 25.9. The molecule has 0 saturated heterocycles. The topological polar surface area (TPSA) is 12.0 Å². The average molecular weight is 282 g/mol. The lowest BCUT2D eigenvalue weighted by Gasteiger charge is -2.39. The van der Waals surface area contributed by atoms with Crippen molar-refractivity contribution in [2.75, 3.05) is 0 Å². The van der Waals surface area contributed by atoms with Gasteiger partial charge in [-0.25, -0.2) is 0 Å². The van der Waals surface area contributed by atoms with Gasteiger partial charge >= 0.3 is 0 Å². The molecule has 1 saturated carbocycles. The van der Waals surface area contributed by atoms with Crippen molar-refractivity contribution in [2.24, 2.45) is 17.3 Å². The molecule has 0 amide bonds. The zero-order valence-electron chi connectivity index (χ0n) is 15.0. The number of hydrogen-bond acceptors (Lipinski definition) is 1. The molecule has 1 nitrogen and oxygen atoms in total. The van der Waals surface area contributed by atoms with E-state index in [-0.39, 0.29) is 0 Å². The molecule has 1 aliphatic rings. The maximum absolute atomic E-state index is 3.88. The van der Waals surface area contributed by atoms with Gasteiger partial charge in [0.1, 0.15) is 0 Å². The maximum Gasteiger partial charge on any atom is 0.00697 e. The number of nitrogens with one attached hydrogen (secondary N) is 1. The smallest absolute Gasteiger partial charge is 0.00697 e. The summed E-state index contributed by atoms with van der Waals surface area (Å²) in [5.74, 6) is 1.80. The summed E-state index contributed by atoms with van der Waals surface area (Å²) in [4.78, 5) is 0. The Morgan fingerprint density at radius 1 is 1.00 bits per heavy atom. The van der Waals surface area contributed by atoms with Crippen LogP contribution in [0.5, 0.6) is 0 Å². The van der Waals surface area contributed by atoms with Crippen molar-refractivity contribution in [3.8, 4) is 0 Å². The lowest BCUT2D eigenvalue weighted by molar-refractivity contribution is 0.134. The summed E-state index contributed by atoms with van der Waals surface area (Å²) in [6.07, 6.45) is 11.1. The molecule has 1 N–H and O–H groups in total. The lowest BCUT2D eigenvalue weighted by atomic mass is 9.69. The highest BCUT2D eigenvalue weighted by atomic mass is 14.9. The van der Waals surface area contributed by atoms with Crippen LogP contribution in [0.15, 0.2) is 0 Å². The van der Waals surface area contributed by atoms with Crippen LogP contribution >= 0.6 is 0 Å². The fourth-order valence-corrected chi connectivity index (χ4v) is 3.65. The fraction of sp³-hybridized carbons (Fsp3) is 1.00. The molecule has 20 heavy (non-hydrogen) atoms. The van der Waals surface area contributed by atoms with Crippen LogP contribution in [-0.4, -0.2) is 12.1 Å². The molecular weight excluding hydrogens is 242 g/mol. The molecule has 1 fully saturated rings. The zero-order chi connectivity index (χ0) is 15.2. The van der Waals surface area contributed by atoms with Crippen LogP contribution in [0.3, 0.4) is 0 Å². The Bertz CT molecular complexity index is 248. The third kappa shape index (κ3) is 6.16. The van der Waals surface area contributed by atoms with Gasteiger partial charge in [-0.2, -0.15) is 0 Å². The van der Waals surface area contributed by atoms with Crippen molar-refractivity contribution in [2.45, 2.75) is 105 Å². The Balaban J connectivity index is 2.22. The Labute approximate surface area is 128 Å². The van der Waals surface area contributed by atoms with E-state index in [0.717, 1.165) is 17.9 Å². The number of hydrogen-bond donors (Lipinski definition) is 1. The summed E-state index contributed by atoms with van der Waals surface area (Å²) in [6.45, 7) is 14.3. The van der Waals surface area contributed by atoms with Crippen LogP contribution in [-0.2, 0) is 0 Å². The predicted octanol–water partition coefficient (Wildman–Crippen LogP) is 5.79. The van der Waals surface area contributed by atoms with Gasteiger partial charge in [-0.15, -0.1) is 0 Å². The maximum atomic E-state index is 3.88. The summed E-state index contributed by atoms with van der Waals surface area (Å²) in [5.41, 5.74) is 0.549. The molecule has 0 aliphatic heterocycles. The SMILES string of the molecule is CCC(C)(C)C1CCC(NC(C)CCCC(C)C)CC1. The van der Waals surface area contributed by atoms with E-state index < -0.39 is 0 Å². The average Bonchev–Trinajstić information content (AvgIpc) is 2.39. The molecular formula is C19H39N. The molecule has 0 aromatic heterocycles. The van der Waals surface area contributed by atoms with Crippen molar-refractivity contribution in [3.63, 3.8) is 0 Å². The molecule has 0 bridgehead atoms. The Hall–Kier alpha value is -0.0400. The van der Waals surface area contributed by atoms with Gasteiger partial charge in [-0.1, -0.05) is 53.9 Å². The van der Waals surface area contributed by atoms with Crippen LogP contribution in [0.25, 0.3) is 0 Å². The van der Waals surface area contributed by atoms with E-state index in [9.17, 15) is 0 Å². The van der Waals surface area contributed by atoms with Gasteiger partial charge in [0.05, 0.1) is 0 Å². The fourth-order valence-electron chi connectivity index (χ4n) is 3.65. The van der Waals surface area contributed by atoms with E-state index in [1.54, 1.807) is 0 Å². The largest absolute Gasteiger partial charge is 0.312 e. The van der Waals surface area contributed by atoms with Crippen LogP contribution in [0.2, 0.25) is 0 Å². The van der Waals surface area contributed by atoms with Gasteiger partial charge in [0, 0.05) is 12.1 Å². The van der Waals surface area contributed by atoms with Crippen molar-refractivity contribution in [1.29, 1.82) is 0 Å². The van der Waals surface area contributed by atoms with Crippen molar-refractivity contribution >= 4 is 0 Å². The predicted molar refractivity (Wildman–Crippen MR) is 91.1 cm³/mol. The Morgan fingerprint density at radius 2 is 1.60 bits per heavy atom. The van der Waals surface area contributed by atoms with Crippen LogP contribution in [0.4, 0.5) is 0 Å². The second-order valence-corrected chi connectivity index (χ2v) is 8.28. The van der Waals surface area contributed by atoms with Crippen molar-refractivity contribution < 1.29 is 0 Å². The molecule has 1 atom stereocenters. The van der Waals surface area contributed by atoms with E-state index >= 15 is 0 Å². The molecule has 1 heteroatoms. The molecule has 1 unspecified atom stereocenters. The van der Waals surface area contributed by atoms with Crippen LogP contribution < -0.4 is 5.32 Å². The summed E-state index contributed by atoms with van der Waals surface area (Å²) in [7, 11) is 0. The Morgan fingerprint density at radius 3 is 2.10 bits per heavy atom. The summed E-state index contributed by atoms with van der Waals surface area (Å²) < 4.78 is 0. The molecule has 1 aliphatic carbocycles. The first kappa shape index (κ1) is 18.0. The van der Waals surface area contributed by atoms with E-state index in [2.05, 4.69) is 46.9 Å². The minimum Gasteiger partial charge on any atom is -0.312 e. The van der Waals surface area contributed by atoms with Gasteiger partial charge in [-0.3, -0.25) is 0 Å². The lowest BCUT2D eigenvalue weighted by Crippen LogP contribution is -2.41. The highest BCUT2D eigenvalue weighted by Gasteiger charge is 2.31. The zero-order valence-corrected chi connectivity index (χ0v) is 15.0. The highest BCUT2D eigenvalue weighted by Crippen LogP contribution is 2.40. The van der Waals surface area contributed by atoms with Gasteiger partial charge in [0.25, 0.3) is 0 Å². The minimum atomic E-state index is 0.549. The second-order valence-electron chi connectivity index (χ2n) is 8.28.